The third-order valence-electron chi connectivity index (χ3n) is 2.73. The van der Waals surface area contributed by atoms with Crippen LogP contribution in [0.1, 0.15) is 31.8 Å². The zero-order chi connectivity index (χ0) is 14.0. The molecule has 0 bridgehead atoms. The molecule has 0 aliphatic carbocycles. The van der Waals surface area contributed by atoms with Crippen molar-refractivity contribution >= 4 is 27.7 Å². The number of carbonyl (C=O) groups excluding carboxylic acids is 1. The summed E-state index contributed by atoms with van der Waals surface area (Å²) in [5.74, 6) is -1.41. The van der Waals surface area contributed by atoms with Crippen LogP contribution in [0.2, 0.25) is 0 Å². The molecule has 0 aliphatic heterocycles. The molecule has 4 heteroatoms. The summed E-state index contributed by atoms with van der Waals surface area (Å²) in [6.45, 7) is 1.79. The summed E-state index contributed by atoms with van der Waals surface area (Å²) < 4.78 is 0.499. The number of carboxylic acids is 1. The Morgan fingerprint density at radius 2 is 1.74 bits per heavy atom. The number of halogens is 1. The fourth-order valence-corrected chi connectivity index (χ4v) is 2.63. The van der Waals surface area contributed by atoms with Gasteiger partial charge in [0.2, 0.25) is 0 Å². The summed E-state index contributed by atoms with van der Waals surface area (Å²) in [6.07, 6.45) is 0. The first kappa shape index (κ1) is 13.5. The minimum Gasteiger partial charge on any atom is -0.478 e. The van der Waals surface area contributed by atoms with E-state index >= 15 is 0 Å². The van der Waals surface area contributed by atoms with E-state index in [1.54, 1.807) is 43.3 Å². The summed E-state index contributed by atoms with van der Waals surface area (Å²) in [4.78, 5) is 23.7. The zero-order valence-electron chi connectivity index (χ0n) is 10.2. The first-order valence-corrected chi connectivity index (χ1v) is 6.43. The predicted octanol–water partition coefficient (Wildman–Crippen LogP) is 3.69. The van der Waals surface area contributed by atoms with E-state index < -0.39 is 5.97 Å². The molecule has 0 saturated heterocycles. The minimum atomic E-state index is -1.11. The molecule has 0 saturated carbocycles. The Hall–Kier alpha value is -1.94. The highest BCUT2D eigenvalue weighted by atomic mass is 79.9. The van der Waals surface area contributed by atoms with Gasteiger partial charge in [0.1, 0.15) is 0 Å². The van der Waals surface area contributed by atoms with Gasteiger partial charge >= 0.3 is 5.97 Å². The van der Waals surface area contributed by atoms with E-state index in [1.165, 1.54) is 6.07 Å². The van der Waals surface area contributed by atoms with Crippen LogP contribution >= 0.6 is 15.9 Å². The Kier molecular flexibility index (Phi) is 3.81. The van der Waals surface area contributed by atoms with E-state index in [9.17, 15) is 14.7 Å². The van der Waals surface area contributed by atoms with Crippen LogP contribution in [-0.4, -0.2) is 16.9 Å². The average Bonchev–Trinajstić information content (AvgIpc) is 2.38. The van der Waals surface area contributed by atoms with Crippen molar-refractivity contribution in [3.8, 4) is 0 Å². The molecule has 0 atom stereocenters. The molecule has 0 radical (unpaired) electrons. The Morgan fingerprint density at radius 1 is 1.11 bits per heavy atom. The second kappa shape index (κ2) is 5.36. The van der Waals surface area contributed by atoms with E-state index in [1.807, 2.05) is 0 Å². The first-order chi connectivity index (χ1) is 9.00. The van der Waals surface area contributed by atoms with Crippen molar-refractivity contribution in [3.63, 3.8) is 0 Å². The molecule has 0 aliphatic rings. The molecule has 0 heterocycles. The molecule has 1 N–H and O–H groups in total. The Labute approximate surface area is 119 Å². The van der Waals surface area contributed by atoms with Gasteiger partial charge in [-0.05, 0) is 40.5 Å². The minimum absolute atomic E-state index is 0.0146. The summed E-state index contributed by atoms with van der Waals surface area (Å²) in [5.41, 5.74) is 1.45. The van der Waals surface area contributed by atoms with E-state index in [0.29, 0.717) is 10.0 Å². The van der Waals surface area contributed by atoms with Gasteiger partial charge in [0.25, 0.3) is 0 Å². The third kappa shape index (κ3) is 2.74. The van der Waals surface area contributed by atoms with E-state index in [2.05, 4.69) is 15.9 Å². The van der Waals surface area contributed by atoms with Crippen LogP contribution in [0, 0.1) is 6.92 Å². The van der Waals surface area contributed by atoms with Crippen molar-refractivity contribution in [2.24, 2.45) is 0 Å². The molecular weight excluding hydrogens is 308 g/mol. The lowest BCUT2D eigenvalue weighted by molar-refractivity contribution is 0.0692. The van der Waals surface area contributed by atoms with Gasteiger partial charge < -0.3 is 5.11 Å². The second-order valence-electron chi connectivity index (χ2n) is 4.17. The third-order valence-corrected chi connectivity index (χ3v) is 3.35. The molecule has 2 aromatic rings. The number of aromatic carboxylic acids is 1. The first-order valence-electron chi connectivity index (χ1n) is 5.64. The Morgan fingerprint density at radius 3 is 2.32 bits per heavy atom. The van der Waals surface area contributed by atoms with Gasteiger partial charge in [-0.15, -0.1) is 0 Å². The number of rotatable bonds is 3. The lowest BCUT2D eigenvalue weighted by Crippen LogP contribution is -2.11. The molecule has 3 nitrogen and oxygen atoms in total. The number of carboxylic acid groups (broad SMARTS) is 1. The van der Waals surface area contributed by atoms with Crippen LogP contribution in [0.15, 0.2) is 46.9 Å². The van der Waals surface area contributed by atoms with E-state index in [4.69, 9.17) is 0 Å². The molecule has 96 valence electrons. The van der Waals surface area contributed by atoms with Crippen LogP contribution in [0.5, 0.6) is 0 Å². The molecule has 0 fully saturated rings. The van der Waals surface area contributed by atoms with Crippen LogP contribution < -0.4 is 0 Å². The largest absolute Gasteiger partial charge is 0.478 e. The zero-order valence-corrected chi connectivity index (χ0v) is 11.8. The highest BCUT2D eigenvalue weighted by molar-refractivity contribution is 9.10. The van der Waals surface area contributed by atoms with Crippen molar-refractivity contribution in [1.82, 2.24) is 0 Å². The van der Waals surface area contributed by atoms with Crippen LogP contribution in [0.25, 0.3) is 0 Å². The fourth-order valence-electron chi connectivity index (χ4n) is 1.88. The smallest absolute Gasteiger partial charge is 0.336 e. The van der Waals surface area contributed by atoms with Crippen molar-refractivity contribution in [3.05, 3.63) is 69.2 Å². The van der Waals surface area contributed by atoms with Crippen LogP contribution in [-0.2, 0) is 0 Å². The predicted molar refractivity (Wildman–Crippen MR) is 75.7 cm³/mol. The van der Waals surface area contributed by atoms with Crippen molar-refractivity contribution in [2.75, 3.05) is 0 Å². The molecule has 0 spiro atoms. The number of ketones is 1. The number of hydrogen-bond acceptors (Lipinski definition) is 2. The topological polar surface area (TPSA) is 54.4 Å². The quantitative estimate of drug-likeness (QED) is 0.878. The fraction of sp³-hybridized carbons (Fsp3) is 0.0667. The highest BCUT2D eigenvalue weighted by Crippen LogP contribution is 2.26. The second-order valence-corrected chi connectivity index (χ2v) is 5.02. The van der Waals surface area contributed by atoms with Gasteiger partial charge in [-0.3, -0.25) is 4.79 Å². The lowest BCUT2D eigenvalue weighted by Gasteiger charge is -2.09. The average molecular weight is 319 g/mol. The monoisotopic (exact) mass is 318 g/mol. The van der Waals surface area contributed by atoms with Gasteiger partial charge in [-0.25, -0.2) is 4.79 Å². The van der Waals surface area contributed by atoms with Gasteiger partial charge in [0.15, 0.2) is 5.78 Å². The van der Waals surface area contributed by atoms with Crippen molar-refractivity contribution in [2.45, 2.75) is 6.92 Å². The SMILES string of the molecule is Cc1cc(Br)c(C(=O)c2ccccc2)c(C(=O)O)c1. The number of hydrogen-bond donors (Lipinski definition) is 1. The molecule has 2 aromatic carbocycles. The van der Waals surface area contributed by atoms with E-state index in [0.717, 1.165) is 5.56 Å². The molecule has 0 amide bonds. The maximum atomic E-state index is 12.4. The standard InChI is InChI=1S/C15H11BrO3/c1-9-7-11(15(18)19)13(12(16)8-9)14(17)10-5-3-2-4-6-10/h2-8H,1H3,(H,18,19). The van der Waals surface area contributed by atoms with Crippen molar-refractivity contribution in [1.29, 1.82) is 0 Å². The van der Waals surface area contributed by atoms with Gasteiger partial charge in [-0.1, -0.05) is 30.3 Å². The maximum absolute atomic E-state index is 12.4. The summed E-state index contributed by atoms with van der Waals surface area (Å²) >= 11 is 3.28. The molecule has 0 aromatic heterocycles. The maximum Gasteiger partial charge on any atom is 0.336 e. The highest BCUT2D eigenvalue weighted by Gasteiger charge is 2.21. The number of carbonyl (C=O) groups is 2. The molecular formula is C15H11BrO3. The van der Waals surface area contributed by atoms with Gasteiger partial charge in [0, 0.05) is 10.0 Å². The normalized spacial score (nSPS) is 10.2. The molecule has 19 heavy (non-hydrogen) atoms. The van der Waals surface area contributed by atoms with Gasteiger partial charge in [0.05, 0.1) is 11.1 Å². The lowest BCUT2D eigenvalue weighted by atomic mass is 9.97. The van der Waals surface area contributed by atoms with Gasteiger partial charge in [-0.2, -0.15) is 0 Å². The summed E-state index contributed by atoms with van der Waals surface area (Å²) in [5, 5.41) is 9.24. The number of benzene rings is 2. The van der Waals surface area contributed by atoms with Crippen molar-refractivity contribution < 1.29 is 14.7 Å². The number of aryl methyl sites for hydroxylation is 1. The van der Waals surface area contributed by atoms with Crippen LogP contribution in [0.3, 0.4) is 0 Å². The molecule has 2 rings (SSSR count). The Balaban J connectivity index is 2.62. The summed E-state index contributed by atoms with van der Waals surface area (Å²) in [7, 11) is 0. The Bertz CT molecular complexity index is 648. The van der Waals surface area contributed by atoms with Crippen LogP contribution in [0.4, 0.5) is 0 Å². The molecule has 0 unspecified atom stereocenters. The van der Waals surface area contributed by atoms with E-state index in [-0.39, 0.29) is 16.9 Å². The summed E-state index contributed by atoms with van der Waals surface area (Å²) in [6, 6.07) is 11.9.